The number of nitrogens with zero attached hydrogens (tertiary/aromatic N) is 4. The molecule has 3 aromatic rings. The second-order valence-electron chi connectivity index (χ2n) is 7.14. The number of ketones is 1. The Kier molecular flexibility index (Phi) is 4.27. The molecule has 10 heteroatoms. The van der Waals surface area contributed by atoms with Crippen molar-refractivity contribution < 1.29 is 19.1 Å². The third kappa shape index (κ3) is 2.77. The fourth-order valence-corrected chi connectivity index (χ4v) is 4.45. The van der Waals surface area contributed by atoms with Crippen molar-refractivity contribution in [2.45, 2.75) is 0 Å². The van der Waals surface area contributed by atoms with Crippen LogP contribution in [0.1, 0.15) is 16.2 Å². The third-order valence-corrected chi connectivity index (χ3v) is 6.15. The first-order valence-electron chi connectivity index (χ1n) is 9.19. The summed E-state index contributed by atoms with van der Waals surface area (Å²) in [5.41, 5.74) is 0.821. The molecule has 0 spiro atoms. The molecule has 0 saturated carbocycles. The molecule has 1 aromatic heterocycles. The number of anilines is 1. The van der Waals surface area contributed by atoms with E-state index in [9.17, 15) is 18.8 Å². The monoisotopic (exact) mass is 520 g/mol. The Balaban J connectivity index is 1.62. The summed E-state index contributed by atoms with van der Waals surface area (Å²) < 4.78 is 17.0. The van der Waals surface area contributed by atoms with Gasteiger partial charge in [-0.05, 0) is 52.9 Å². The maximum atomic E-state index is 14.9. The van der Waals surface area contributed by atoms with Crippen LogP contribution in [0.15, 0.2) is 35.1 Å². The second-order valence-corrected chi connectivity index (χ2v) is 8.39. The SMILES string of the molecule is O=C1c2cc(I)ccc2-n2c1nc1cc(N3CCN(C(=O)O)CC3)c(F)cc1c2=O. The van der Waals surface area contributed by atoms with Gasteiger partial charge in [0.05, 0.1) is 27.8 Å². The Morgan fingerprint density at radius 1 is 1.07 bits per heavy atom. The number of benzene rings is 2. The summed E-state index contributed by atoms with van der Waals surface area (Å²) in [6.07, 6.45) is -1.01. The zero-order valence-electron chi connectivity index (χ0n) is 15.4. The molecule has 2 aromatic carbocycles. The van der Waals surface area contributed by atoms with Crippen molar-refractivity contribution in [2.24, 2.45) is 0 Å². The van der Waals surface area contributed by atoms with Gasteiger partial charge in [0.1, 0.15) is 5.82 Å². The molecule has 0 radical (unpaired) electrons. The van der Waals surface area contributed by atoms with Gasteiger partial charge in [0.25, 0.3) is 5.56 Å². The van der Waals surface area contributed by atoms with Gasteiger partial charge < -0.3 is 14.9 Å². The summed E-state index contributed by atoms with van der Waals surface area (Å²) in [5.74, 6) is -0.917. The van der Waals surface area contributed by atoms with Crippen LogP contribution in [0, 0.1) is 9.39 Å². The van der Waals surface area contributed by atoms with Gasteiger partial charge in [0.2, 0.25) is 5.78 Å². The number of rotatable bonds is 1. The van der Waals surface area contributed by atoms with Crippen molar-refractivity contribution in [3.63, 3.8) is 0 Å². The lowest BCUT2D eigenvalue weighted by atomic mass is 10.1. The predicted molar refractivity (Wildman–Crippen MR) is 115 cm³/mol. The van der Waals surface area contributed by atoms with E-state index >= 15 is 0 Å². The van der Waals surface area contributed by atoms with Crippen LogP contribution in [0.25, 0.3) is 16.6 Å². The quantitative estimate of drug-likeness (QED) is 0.388. The number of hydrogen-bond acceptors (Lipinski definition) is 5. The van der Waals surface area contributed by atoms with E-state index in [1.54, 1.807) is 23.1 Å². The molecular weight excluding hydrogens is 506 g/mol. The molecule has 3 heterocycles. The number of hydrogen-bond donors (Lipinski definition) is 1. The average Bonchev–Trinajstić information content (AvgIpc) is 3.00. The number of halogens is 2. The molecule has 152 valence electrons. The van der Waals surface area contributed by atoms with Crippen molar-refractivity contribution >= 4 is 51.1 Å². The van der Waals surface area contributed by atoms with Crippen molar-refractivity contribution in [3.8, 4) is 5.69 Å². The third-order valence-electron chi connectivity index (χ3n) is 5.47. The Labute approximate surface area is 182 Å². The van der Waals surface area contributed by atoms with Crippen molar-refractivity contribution in [3.05, 3.63) is 61.5 Å². The van der Waals surface area contributed by atoms with Gasteiger partial charge in [-0.3, -0.25) is 14.2 Å². The van der Waals surface area contributed by atoms with Gasteiger partial charge in [0.15, 0.2) is 5.82 Å². The number of carboxylic acid groups (broad SMARTS) is 1. The molecule has 0 unspecified atom stereocenters. The average molecular weight is 520 g/mol. The van der Waals surface area contributed by atoms with Gasteiger partial charge in [-0.2, -0.15) is 0 Å². The normalized spacial score (nSPS) is 15.5. The lowest BCUT2D eigenvalue weighted by molar-refractivity contribution is 0.103. The van der Waals surface area contributed by atoms with E-state index in [0.29, 0.717) is 24.3 Å². The minimum atomic E-state index is -1.01. The zero-order chi connectivity index (χ0) is 21.2. The van der Waals surface area contributed by atoms with E-state index in [-0.39, 0.29) is 41.3 Å². The van der Waals surface area contributed by atoms with E-state index in [4.69, 9.17) is 5.11 Å². The number of carbonyl (C=O) groups is 2. The van der Waals surface area contributed by atoms with Crippen LogP contribution in [0.5, 0.6) is 0 Å². The van der Waals surface area contributed by atoms with Crippen molar-refractivity contribution in [1.82, 2.24) is 14.5 Å². The van der Waals surface area contributed by atoms with Crippen molar-refractivity contribution in [2.75, 3.05) is 31.1 Å². The summed E-state index contributed by atoms with van der Waals surface area (Å²) in [4.78, 5) is 44.4. The van der Waals surface area contributed by atoms with Gasteiger partial charge in [-0.15, -0.1) is 0 Å². The molecular formula is C20H14FIN4O4. The molecule has 30 heavy (non-hydrogen) atoms. The second kappa shape index (κ2) is 6.76. The topological polar surface area (TPSA) is 95.7 Å². The van der Waals surface area contributed by atoms with Crippen LogP contribution in [0.4, 0.5) is 14.9 Å². The fraction of sp³-hybridized carbons (Fsp3) is 0.200. The lowest BCUT2D eigenvalue weighted by Crippen LogP contribution is -2.48. The molecule has 0 bridgehead atoms. The van der Waals surface area contributed by atoms with Crippen LogP contribution in [-0.4, -0.2) is 57.6 Å². The van der Waals surface area contributed by atoms with Crippen LogP contribution in [-0.2, 0) is 0 Å². The lowest BCUT2D eigenvalue weighted by Gasteiger charge is -2.34. The highest BCUT2D eigenvalue weighted by molar-refractivity contribution is 14.1. The van der Waals surface area contributed by atoms with E-state index < -0.39 is 17.5 Å². The van der Waals surface area contributed by atoms with Gasteiger partial charge in [0, 0.05) is 29.7 Å². The molecule has 1 fully saturated rings. The van der Waals surface area contributed by atoms with E-state index in [0.717, 1.165) is 9.64 Å². The highest BCUT2D eigenvalue weighted by Gasteiger charge is 2.31. The Morgan fingerprint density at radius 3 is 2.50 bits per heavy atom. The minimum absolute atomic E-state index is 0.0118. The van der Waals surface area contributed by atoms with Gasteiger partial charge >= 0.3 is 6.09 Å². The Bertz CT molecular complexity index is 1310. The molecule has 1 amide bonds. The standard InChI is InChI=1S/C20H14FIN4O4/c21-13-8-11-14(9-16(13)24-3-5-25(6-4-24)20(29)30)23-18-17(27)12-7-10(22)1-2-15(12)26(18)19(11)28/h1-2,7-9H,3-6H2,(H,29,30). The number of piperazine rings is 1. The number of amides is 1. The molecule has 1 N–H and O–H groups in total. The Morgan fingerprint density at radius 2 is 1.80 bits per heavy atom. The highest BCUT2D eigenvalue weighted by Crippen LogP contribution is 2.30. The van der Waals surface area contributed by atoms with E-state index in [2.05, 4.69) is 27.6 Å². The van der Waals surface area contributed by atoms with Gasteiger partial charge in [-0.25, -0.2) is 14.2 Å². The first kappa shape index (κ1) is 19.0. The highest BCUT2D eigenvalue weighted by atomic mass is 127. The first-order chi connectivity index (χ1) is 14.3. The predicted octanol–water partition coefficient (Wildman–Crippen LogP) is 2.47. The first-order valence-corrected chi connectivity index (χ1v) is 10.3. The minimum Gasteiger partial charge on any atom is -0.465 e. The summed E-state index contributed by atoms with van der Waals surface area (Å²) in [6, 6.07) is 7.78. The number of fused-ring (bicyclic) bond motifs is 4. The zero-order valence-corrected chi connectivity index (χ0v) is 17.6. The summed E-state index contributed by atoms with van der Waals surface area (Å²) in [7, 11) is 0. The summed E-state index contributed by atoms with van der Waals surface area (Å²) in [5, 5.41) is 9.17. The largest absolute Gasteiger partial charge is 0.465 e. The van der Waals surface area contributed by atoms with E-state index in [1.807, 2.05) is 0 Å². The maximum Gasteiger partial charge on any atom is 0.407 e. The molecule has 2 aliphatic heterocycles. The number of aromatic nitrogens is 2. The number of carbonyl (C=O) groups excluding carboxylic acids is 1. The van der Waals surface area contributed by atoms with Crippen LogP contribution < -0.4 is 10.5 Å². The van der Waals surface area contributed by atoms with Crippen LogP contribution in [0.3, 0.4) is 0 Å². The van der Waals surface area contributed by atoms with Crippen LogP contribution in [0.2, 0.25) is 0 Å². The van der Waals surface area contributed by atoms with Crippen LogP contribution >= 0.6 is 22.6 Å². The Hall–Kier alpha value is -3.02. The molecule has 8 nitrogen and oxygen atoms in total. The molecule has 1 saturated heterocycles. The molecule has 0 atom stereocenters. The molecule has 5 rings (SSSR count). The fourth-order valence-electron chi connectivity index (χ4n) is 3.96. The maximum absolute atomic E-state index is 14.9. The van der Waals surface area contributed by atoms with Gasteiger partial charge in [-0.1, -0.05) is 0 Å². The van der Waals surface area contributed by atoms with Crippen molar-refractivity contribution in [1.29, 1.82) is 0 Å². The summed E-state index contributed by atoms with van der Waals surface area (Å²) >= 11 is 2.09. The molecule has 2 aliphatic rings. The molecule has 0 aliphatic carbocycles. The smallest absolute Gasteiger partial charge is 0.407 e. The summed E-state index contributed by atoms with van der Waals surface area (Å²) in [6.45, 7) is 1.14. The van der Waals surface area contributed by atoms with E-state index in [1.165, 1.54) is 15.5 Å².